The van der Waals surface area contributed by atoms with E-state index in [2.05, 4.69) is 15.9 Å². The summed E-state index contributed by atoms with van der Waals surface area (Å²) in [6.45, 7) is 0. The van der Waals surface area contributed by atoms with E-state index < -0.39 is 27.1 Å². The highest BCUT2D eigenvalue weighted by molar-refractivity contribution is 9.10. The number of hydrogen-bond donors (Lipinski definition) is 0. The molecular weight excluding hydrogens is 294 g/mol. The summed E-state index contributed by atoms with van der Waals surface area (Å²) in [5, 5.41) is 8.28. The first-order valence-corrected chi connectivity index (χ1v) is 6.92. The van der Waals surface area contributed by atoms with Crippen LogP contribution < -0.4 is 0 Å². The lowest BCUT2D eigenvalue weighted by Crippen LogP contribution is -2.18. The molecule has 0 spiro atoms. The number of sulfone groups is 1. The summed E-state index contributed by atoms with van der Waals surface area (Å²) in [5.74, 6) is -1.75. The van der Waals surface area contributed by atoms with Gasteiger partial charge in [-0.2, -0.15) is 5.26 Å². The number of rotatable bonds is 4. The third-order valence-corrected chi connectivity index (χ3v) is 3.60. The maximum atomic E-state index is 11.5. The van der Waals surface area contributed by atoms with E-state index in [4.69, 9.17) is 5.26 Å². The zero-order valence-electron chi connectivity index (χ0n) is 8.18. The number of Topliss-reactive ketones (excluding diaryl/α,β-unsaturated/α-hetero) is 1. The highest BCUT2D eigenvalue weighted by atomic mass is 79.9. The Morgan fingerprint density at radius 1 is 1.31 bits per heavy atom. The lowest BCUT2D eigenvalue weighted by atomic mass is 10.2. The van der Waals surface area contributed by atoms with E-state index in [0.717, 1.165) is 4.47 Å². The average Bonchev–Trinajstić information content (AvgIpc) is 2.17. The van der Waals surface area contributed by atoms with Crippen molar-refractivity contribution in [2.75, 3.05) is 11.5 Å². The zero-order chi connectivity index (χ0) is 12.2. The number of halogens is 1. The minimum Gasteiger partial charge on any atom is -0.293 e. The second kappa shape index (κ2) is 5.23. The Morgan fingerprint density at radius 3 is 2.38 bits per heavy atom. The van der Waals surface area contributed by atoms with Gasteiger partial charge >= 0.3 is 0 Å². The Hall–Kier alpha value is -1.19. The van der Waals surface area contributed by atoms with E-state index in [1.807, 2.05) is 0 Å². The standard InChI is InChI=1S/C10H8BrNO3S/c11-9-3-1-8(2-4-9)10(13)7-16(14,15)6-5-12/h1-4H,6-7H2. The molecule has 0 bridgehead atoms. The van der Waals surface area contributed by atoms with Crippen LogP contribution in [0.1, 0.15) is 10.4 Å². The molecule has 4 nitrogen and oxygen atoms in total. The third-order valence-electron chi connectivity index (χ3n) is 1.80. The number of nitrogens with zero attached hydrogens (tertiary/aromatic N) is 1. The molecule has 0 fully saturated rings. The average molecular weight is 302 g/mol. The van der Waals surface area contributed by atoms with Crippen molar-refractivity contribution < 1.29 is 13.2 Å². The summed E-state index contributed by atoms with van der Waals surface area (Å²) >= 11 is 3.21. The smallest absolute Gasteiger partial charge is 0.177 e. The Balaban J connectivity index is 2.82. The van der Waals surface area contributed by atoms with Gasteiger partial charge in [0.1, 0.15) is 11.5 Å². The molecule has 0 N–H and O–H groups in total. The van der Waals surface area contributed by atoms with E-state index in [0.29, 0.717) is 5.56 Å². The van der Waals surface area contributed by atoms with Crippen LogP contribution >= 0.6 is 15.9 Å². The van der Waals surface area contributed by atoms with Gasteiger partial charge in [0.2, 0.25) is 0 Å². The molecule has 0 radical (unpaired) electrons. The number of nitriles is 1. The van der Waals surface area contributed by atoms with E-state index in [9.17, 15) is 13.2 Å². The molecule has 16 heavy (non-hydrogen) atoms. The molecule has 0 heterocycles. The SMILES string of the molecule is N#CCS(=O)(=O)CC(=O)c1ccc(Br)cc1. The summed E-state index contributed by atoms with van der Waals surface area (Å²) < 4.78 is 23.3. The second-order valence-corrected chi connectivity index (χ2v) is 6.10. The first-order chi connectivity index (χ1) is 7.44. The molecule has 1 aromatic rings. The molecule has 6 heteroatoms. The second-order valence-electron chi connectivity index (χ2n) is 3.12. The minimum absolute atomic E-state index is 0.324. The van der Waals surface area contributed by atoms with Crippen molar-refractivity contribution in [1.29, 1.82) is 5.26 Å². The Morgan fingerprint density at radius 2 is 1.88 bits per heavy atom. The van der Waals surface area contributed by atoms with Gasteiger partial charge in [0.05, 0.1) is 6.07 Å². The van der Waals surface area contributed by atoms with Gasteiger partial charge < -0.3 is 0 Å². The molecular formula is C10H8BrNO3S. The number of ketones is 1. The van der Waals surface area contributed by atoms with Crippen molar-refractivity contribution in [3.63, 3.8) is 0 Å². The zero-order valence-corrected chi connectivity index (χ0v) is 10.6. The summed E-state index contributed by atoms with van der Waals surface area (Å²) in [7, 11) is -3.61. The van der Waals surface area contributed by atoms with Crippen LogP contribution in [0.3, 0.4) is 0 Å². The van der Waals surface area contributed by atoms with Gasteiger partial charge in [-0.3, -0.25) is 4.79 Å². The molecule has 1 rings (SSSR count). The van der Waals surface area contributed by atoms with Gasteiger partial charge in [-0.25, -0.2) is 8.42 Å². The van der Waals surface area contributed by atoms with Crippen LogP contribution in [0.2, 0.25) is 0 Å². The van der Waals surface area contributed by atoms with Crippen molar-refractivity contribution in [3.05, 3.63) is 34.3 Å². The molecule has 0 aromatic heterocycles. The minimum atomic E-state index is -3.61. The fourth-order valence-electron chi connectivity index (χ4n) is 1.07. The highest BCUT2D eigenvalue weighted by Gasteiger charge is 2.17. The molecule has 1 aromatic carbocycles. The molecule has 0 saturated heterocycles. The van der Waals surface area contributed by atoms with Gasteiger partial charge in [0.15, 0.2) is 15.6 Å². The first kappa shape index (κ1) is 12.9. The third kappa shape index (κ3) is 3.76. The quantitative estimate of drug-likeness (QED) is 0.791. The lowest BCUT2D eigenvalue weighted by Gasteiger charge is -2.00. The summed E-state index contributed by atoms with van der Waals surface area (Å²) in [6.07, 6.45) is 0. The van der Waals surface area contributed by atoms with Crippen LogP contribution in [0.25, 0.3) is 0 Å². The van der Waals surface area contributed by atoms with Crippen molar-refractivity contribution in [2.45, 2.75) is 0 Å². The molecule has 84 valence electrons. The summed E-state index contributed by atoms with van der Waals surface area (Å²) in [5.41, 5.74) is 0.324. The summed E-state index contributed by atoms with van der Waals surface area (Å²) in [6, 6.07) is 7.91. The number of hydrogen-bond acceptors (Lipinski definition) is 4. The van der Waals surface area contributed by atoms with Crippen LogP contribution in [0.5, 0.6) is 0 Å². The Labute approximate surface area is 102 Å². The number of benzene rings is 1. The van der Waals surface area contributed by atoms with Gasteiger partial charge in [0.25, 0.3) is 0 Å². The van der Waals surface area contributed by atoms with E-state index >= 15 is 0 Å². The van der Waals surface area contributed by atoms with Crippen LogP contribution in [0.4, 0.5) is 0 Å². The van der Waals surface area contributed by atoms with Crippen LogP contribution in [0, 0.1) is 11.3 Å². The maximum absolute atomic E-state index is 11.5. The number of carbonyl (C=O) groups excluding carboxylic acids is 1. The largest absolute Gasteiger partial charge is 0.293 e. The fourth-order valence-corrected chi connectivity index (χ4v) is 2.20. The van der Waals surface area contributed by atoms with Gasteiger partial charge in [-0.05, 0) is 12.1 Å². The van der Waals surface area contributed by atoms with E-state index in [1.165, 1.54) is 18.2 Å². The molecule has 0 saturated carbocycles. The molecule has 0 aliphatic heterocycles. The molecule has 0 amide bonds. The van der Waals surface area contributed by atoms with Gasteiger partial charge in [0, 0.05) is 10.0 Å². The van der Waals surface area contributed by atoms with Crippen molar-refractivity contribution in [1.82, 2.24) is 0 Å². The number of carbonyl (C=O) groups is 1. The Bertz CT molecular complexity index is 528. The lowest BCUT2D eigenvalue weighted by molar-refractivity contribution is 0.102. The van der Waals surface area contributed by atoms with Crippen molar-refractivity contribution in [3.8, 4) is 6.07 Å². The normalized spacial score (nSPS) is 10.8. The molecule has 0 aliphatic rings. The predicted octanol–water partition coefficient (Wildman–Crippen LogP) is 1.57. The fraction of sp³-hybridized carbons (Fsp3) is 0.200. The van der Waals surface area contributed by atoms with Crippen molar-refractivity contribution in [2.24, 2.45) is 0 Å². The predicted molar refractivity (Wildman–Crippen MR) is 62.7 cm³/mol. The maximum Gasteiger partial charge on any atom is 0.177 e. The molecule has 0 unspecified atom stereocenters. The van der Waals surface area contributed by atoms with Crippen LogP contribution in [-0.4, -0.2) is 25.7 Å². The Kier molecular flexibility index (Phi) is 4.21. The van der Waals surface area contributed by atoms with Crippen LogP contribution in [-0.2, 0) is 9.84 Å². The summed E-state index contributed by atoms with van der Waals surface area (Å²) in [4.78, 5) is 11.5. The van der Waals surface area contributed by atoms with Crippen LogP contribution in [0.15, 0.2) is 28.7 Å². The van der Waals surface area contributed by atoms with Crippen molar-refractivity contribution >= 4 is 31.6 Å². The monoisotopic (exact) mass is 301 g/mol. The van der Waals surface area contributed by atoms with Gasteiger partial charge in [-0.1, -0.05) is 28.1 Å². The van der Waals surface area contributed by atoms with E-state index in [-0.39, 0.29) is 0 Å². The molecule has 0 atom stereocenters. The topological polar surface area (TPSA) is 75.0 Å². The van der Waals surface area contributed by atoms with E-state index in [1.54, 1.807) is 12.1 Å². The highest BCUT2D eigenvalue weighted by Crippen LogP contribution is 2.11. The molecule has 0 aliphatic carbocycles. The first-order valence-electron chi connectivity index (χ1n) is 4.31. The van der Waals surface area contributed by atoms with Gasteiger partial charge in [-0.15, -0.1) is 0 Å².